The monoisotopic (exact) mass is 393 g/mol. The molecule has 144 valence electrons. The van der Waals surface area contributed by atoms with E-state index in [0.29, 0.717) is 10.7 Å². The van der Waals surface area contributed by atoms with E-state index in [1.165, 1.54) is 22.5 Å². The van der Waals surface area contributed by atoms with Crippen LogP contribution in [0, 0.1) is 13.8 Å². The van der Waals surface area contributed by atoms with Gasteiger partial charge < -0.3 is 10.6 Å². The van der Waals surface area contributed by atoms with Crippen molar-refractivity contribution in [3.05, 3.63) is 70.6 Å². The average Bonchev–Trinajstić information content (AvgIpc) is 3.12. The molecule has 3 aromatic rings. The number of nitrogens with zero attached hydrogens (tertiary/aromatic N) is 1. The third kappa shape index (κ3) is 5.04. The second-order valence-corrected chi connectivity index (χ2v) is 7.69. The van der Waals surface area contributed by atoms with Gasteiger partial charge in [0, 0.05) is 29.0 Å². The molecule has 0 unspecified atom stereocenters. The molecule has 0 saturated heterocycles. The molecule has 3 rings (SSSR count). The van der Waals surface area contributed by atoms with Crippen LogP contribution in [0.25, 0.3) is 11.3 Å². The lowest BCUT2D eigenvalue weighted by Gasteiger charge is -2.13. The number of aryl methyl sites for hydroxylation is 2. The molecule has 28 heavy (non-hydrogen) atoms. The summed E-state index contributed by atoms with van der Waals surface area (Å²) in [4.78, 5) is 28.9. The summed E-state index contributed by atoms with van der Waals surface area (Å²) in [6, 6.07) is 14.9. The van der Waals surface area contributed by atoms with Gasteiger partial charge in [0.05, 0.1) is 5.69 Å². The Hall–Kier alpha value is -2.99. The molecule has 0 saturated carbocycles. The predicted molar refractivity (Wildman–Crippen MR) is 114 cm³/mol. The Bertz CT molecular complexity index is 982. The van der Waals surface area contributed by atoms with Gasteiger partial charge in [0.15, 0.2) is 5.13 Å². The molecule has 1 aromatic heterocycles. The number of hydrogen-bond donors (Lipinski definition) is 2. The van der Waals surface area contributed by atoms with Crippen LogP contribution < -0.4 is 10.6 Å². The summed E-state index contributed by atoms with van der Waals surface area (Å²) < 4.78 is 0. The van der Waals surface area contributed by atoms with Crippen molar-refractivity contribution < 1.29 is 9.59 Å². The van der Waals surface area contributed by atoms with Crippen molar-refractivity contribution in [2.75, 3.05) is 5.32 Å². The van der Waals surface area contributed by atoms with Crippen molar-refractivity contribution in [3.8, 4) is 11.3 Å². The Labute approximate surface area is 168 Å². The first kappa shape index (κ1) is 19.8. The number of hydrogen-bond acceptors (Lipinski definition) is 4. The minimum Gasteiger partial charge on any atom is -0.349 e. The van der Waals surface area contributed by atoms with Gasteiger partial charge in [-0.15, -0.1) is 11.3 Å². The molecule has 0 fully saturated rings. The smallest absolute Gasteiger partial charge is 0.251 e. The number of carbonyl (C=O) groups is 2. The first-order valence-corrected chi connectivity index (χ1v) is 9.99. The highest BCUT2D eigenvalue weighted by molar-refractivity contribution is 7.14. The van der Waals surface area contributed by atoms with Crippen molar-refractivity contribution in [2.24, 2.45) is 0 Å². The second-order valence-electron chi connectivity index (χ2n) is 6.83. The molecule has 0 spiro atoms. The lowest BCUT2D eigenvalue weighted by molar-refractivity contribution is -0.116. The second kappa shape index (κ2) is 8.80. The van der Waals surface area contributed by atoms with Crippen LogP contribution >= 0.6 is 11.3 Å². The molecular weight excluding hydrogens is 370 g/mol. The number of thiazole rings is 1. The summed E-state index contributed by atoms with van der Waals surface area (Å²) >= 11 is 1.39. The van der Waals surface area contributed by atoms with Crippen molar-refractivity contribution in [1.82, 2.24) is 10.3 Å². The standard InChI is InChI=1S/C22H23N3O2S/c1-14-9-10-18(11-15(14)2)19-13-28-22(24-19)25-20(26)12-16(3)23-21(27)17-7-5-4-6-8-17/h4-11,13,16H,12H2,1-3H3,(H,23,27)(H,24,25,26)/t16-/m1/s1. The van der Waals surface area contributed by atoms with E-state index in [4.69, 9.17) is 0 Å². The van der Waals surface area contributed by atoms with Crippen LogP contribution in [0.2, 0.25) is 0 Å². The summed E-state index contributed by atoms with van der Waals surface area (Å²) in [6.07, 6.45) is 0.178. The highest BCUT2D eigenvalue weighted by Crippen LogP contribution is 2.26. The zero-order chi connectivity index (χ0) is 20.1. The van der Waals surface area contributed by atoms with E-state index in [9.17, 15) is 9.59 Å². The molecular formula is C22H23N3O2S. The van der Waals surface area contributed by atoms with Crippen LogP contribution in [0.3, 0.4) is 0 Å². The fourth-order valence-corrected chi connectivity index (χ4v) is 3.50. The van der Waals surface area contributed by atoms with Crippen LogP contribution in [0.1, 0.15) is 34.8 Å². The molecule has 0 aliphatic heterocycles. The highest BCUT2D eigenvalue weighted by Gasteiger charge is 2.15. The minimum absolute atomic E-state index is 0.178. The van der Waals surface area contributed by atoms with Gasteiger partial charge in [0.2, 0.25) is 5.91 Å². The average molecular weight is 394 g/mol. The topological polar surface area (TPSA) is 71.1 Å². The highest BCUT2D eigenvalue weighted by atomic mass is 32.1. The maximum absolute atomic E-state index is 12.3. The fourth-order valence-electron chi connectivity index (χ4n) is 2.76. The normalized spacial score (nSPS) is 11.7. The van der Waals surface area contributed by atoms with Crippen molar-refractivity contribution in [2.45, 2.75) is 33.2 Å². The number of benzene rings is 2. The van der Waals surface area contributed by atoms with Crippen molar-refractivity contribution >= 4 is 28.3 Å². The van der Waals surface area contributed by atoms with Gasteiger partial charge in [-0.3, -0.25) is 9.59 Å². The maximum atomic E-state index is 12.3. The lowest BCUT2D eigenvalue weighted by atomic mass is 10.1. The number of aromatic nitrogens is 1. The number of amides is 2. The Kier molecular flexibility index (Phi) is 6.21. The van der Waals surface area contributed by atoms with Gasteiger partial charge in [-0.1, -0.05) is 30.3 Å². The summed E-state index contributed by atoms with van der Waals surface area (Å²) in [6.45, 7) is 5.95. The summed E-state index contributed by atoms with van der Waals surface area (Å²) in [5.74, 6) is -0.367. The van der Waals surface area contributed by atoms with Crippen LogP contribution in [0.15, 0.2) is 53.9 Å². The number of anilines is 1. The van der Waals surface area contributed by atoms with Crippen molar-refractivity contribution in [1.29, 1.82) is 0 Å². The van der Waals surface area contributed by atoms with E-state index in [1.807, 2.05) is 36.6 Å². The third-order valence-corrected chi connectivity index (χ3v) is 5.22. The Morgan fingerprint density at radius 2 is 1.82 bits per heavy atom. The zero-order valence-corrected chi connectivity index (χ0v) is 17.0. The van der Waals surface area contributed by atoms with Crippen LogP contribution in [-0.2, 0) is 4.79 Å². The number of nitrogens with one attached hydrogen (secondary N) is 2. The molecule has 6 heteroatoms. The summed E-state index contributed by atoms with van der Waals surface area (Å²) in [7, 11) is 0. The largest absolute Gasteiger partial charge is 0.349 e. The molecule has 1 atom stereocenters. The molecule has 2 aromatic carbocycles. The first-order valence-electron chi connectivity index (χ1n) is 9.11. The molecule has 0 aliphatic rings. The molecule has 2 N–H and O–H groups in total. The number of carbonyl (C=O) groups excluding carboxylic acids is 2. The van der Waals surface area contributed by atoms with E-state index in [1.54, 1.807) is 12.1 Å². The maximum Gasteiger partial charge on any atom is 0.251 e. The molecule has 1 heterocycles. The lowest BCUT2D eigenvalue weighted by Crippen LogP contribution is -2.35. The van der Waals surface area contributed by atoms with Crippen LogP contribution in [0.4, 0.5) is 5.13 Å². The van der Waals surface area contributed by atoms with Gasteiger partial charge in [-0.05, 0) is 50.1 Å². The molecule has 0 radical (unpaired) electrons. The third-order valence-electron chi connectivity index (χ3n) is 4.46. The quantitative estimate of drug-likeness (QED) is 0.644. The van der Waals surface area contributed by atoms with Gasteiger partial charge in [0.1, 0.15) is 0 Å². The Morgan fingerprint density at radius 3 is 2.54 bits per heavy atom. The Balaban J connectivity index is 1.55. The minimum atomic E-state index is -0.285. The van der Waals surface area contributed by atoms with Gasteiger partial charge in [-0.25, -0.2) is 4.98 Å². The molecule has 5 nitrogen and oxygen atoms in total. The van der Waals surface area contributed by atoms with Crippen LogP contribution in [0.5, 0.6) is 0 Å². The predicted octanol–water partition coefficient (Wildman–Crippen LogP) is 4.57. The first-order chi connectivity index (χ1) is 13.4. The van der Waals surface area contributed by atoms with E-state index in [2.05, 4.69) is 41.6 Å². The summed E-state index contributed by atoms with van der Waals surface area (Å²) in [5, 5.41) is 8.14. The van der Waals surface area contributed by atoms with E-state index in [-0.39, 0.29) is 24.3 Å². The van der Waals surface area contributed by atoms with E-state index in [0.717, 1.165) is 11.3 Å². The number of rotatable bonds is 6. The SMILES string of the molecule is Cc1ccc(-c2csc(NC(=O)C[C@@H](C)NC(=O)c3ccccc3)n2)cc1C. The van der Waals surface area contributed by atoms with Gasteiger partial charge in [0.25, 0.3) is 5.91 Å². The Morgan fingerprint density at radius 1 is 1.07 bits per heavy atom. The summed E-state index contributed by atoms with van der Waals surface area (Å²) in [5.41, 5.74) is 4.89. The fraction of sp³-hybridized carbons (Fsp3) is 0.227. The molecule has 0 aliphatic carbocycles. The van der Waals surface area contributed by atoms with Crippen molar-refractivity contribution in [3.63, 3.8) is 0 Å². The molecule has 2 amide bonds. The van der Waals surface area contributed by atoms with Crippen LogP contribution in [-0.4, -0.2) is 22.8 Å². The van der Waals surface area contributed by atoms with Gasteiger partial charge in [-0.2, -0.15) is 0 Å². The van der Waals surface area contributed by atoms with Gasteiger partial charge >= 0.3 is 0 Å². The van der Waals surface area contributed by atoms with E-state index >= 15 is 0 Å². The molecule has 0 bridgehead atoms. The van der Waals surface area contributed by atoms with E-state index < -0.39 is 0 Å². The zero-order valence-electron chi connectivity index (χ0n) is 16.2.